The average molecular weight is 475 g/mol. The van der Waals surface area contributed by atoms with Crippen molar-refractivity contribution in [1.82, 2.24) is 10.2 Å². The minimum absolute atomic E-state index is 0.0276. The molecule has 4 nitrogen and oxygen atoms in total. The van der Waals surface area contributed by atoms with Gasteiger partial charge in [0.25, 0.3) is 0 Å². The van der Waals surface area contributed by atoms with Crippen LogP contribution in [0.3, 0.4) is 0 Å². The summed E-state index contributed by atoms with van der Waals surface area (Å²) >= 11 is 0. The fourth-order valence-electron chi connectivity index (χ4n) is 4.02. The van der Waals surface area contributed by atoms with Crippen molar-refractivity contribution in [2.75, 3.05) is 20.1 Å². The van der Waals surface area contributed by atoms with Crippen molar-refractivity contribution in [3.05, 3.63) is 71.3 Å². The predicted octanol–water partition coefficient (Wildman–Crippen LogP) is 6.75. The fourth-order valence-corrected chi connectivity index (χ4v) is 4.02. The largest absolute Gasteiger partial charge is 0.444 e. The van der Waals surface area contributed by atoms with E-state index in [1.165, 1.54) is 24.3 Å². The molecule has 1 amide bonds. The summed E-state index contributed by atoms with van der Waals surface area (Å²) in [6.45, 7) is 11.3. The quantitative estimate of drug-likeness (QED) is 0.366. The third-order valence-corrected chi connectivity index (χ3v) is 5.74. The Bertz CT molecular complexity index is 831. The third kappa shape index (κ3) is 9.41. The summed E-state index contributed by atoms with van der Waals surface area (Å²) in [6.07, 6.45) is 2.27. The smallest absolute Gasteiger partial charge is 0.410 e. The molecule has 188 valence electrons. The highest BCUT2D eigenvalue weighted by atomic mass is 19.1. The van der Waals surface area contributed by atoms with E-state index in [9.17, 15) is 13.6 Å². The number of nitrogens with one attached hydrogen (secondary N) is 1. The van der Waals surface area contributed by atoms with Gasteiger partial charge >= 0.3 is 6.09 Å². The van der Waals surface area contributed by atoms with Gasteiger partial charge in [0, 0.05) is 25.6 Å². The van der Waals surface area contributed by atoms with Crippen molar-refractivity contribution in [2.24, 2.45) is 5.92 Å². The van der Waals surface area contributed by atoms with Crippen molar-refractivity contribution in [3.8, 4) is 0 Å². The summed E-state index contributed by atoms with van der Waals surface area (Å²) in [5, 5.41) is 3.50. The van der Waals surface area contributed by atoms with Crippen LogP contribution in [0.2, 0.25) is 0 Å². The predicted molar refractivity (Wildman–Crippen MR) is 134 cm³/mol. The number of nitrogens with zero attached hydrogens (tertiary/aromatic N) is 1. The molecule has 0 bridgehead atoms. The first-order valence-electron chi connectivity index (χ1n) is 12.1. The number of carbonyl (C=O) groups excluding carboxylic acids is 1. The zero-order chi connectivity index (χ0) is 25.3. The number of likely N-dealkylation sites (N-methyl/N-ethyl adjacent to an activating group) is 1. The van der Waals surface area contributed by atoms with Crippen molar-refractivity contribution >= 4 is 6.09 Å². The van der Waals surface area contributed by atoms with Crippen LogP contribution in [0.5, 0.6) is 0 Å². The van der Waals surface area contributed by atoms with Crippen molar-refractivity contribution < 1.29 is 18.3 Å². The second kappa shape index (κ2) is 12.8. The van der Waals surface area contributed by atoms with Gasteiger partial charge in [-0.2, -0.15) is 0 Å². The van der Waals surface area contributed by atoms with Crippen LogP contribution in [0.1, 0.15) is 70.9 Å². The fraction of sp³-hybridized carbons (Fsp3) is 0.536. The molecule has 6 heteroatoms. The molecule has 0 spiro atoms. The van der Waals surface area contributed by atoms with Crippen LogP contribution >= 0.6 is 0 Å². The molecule has 0 radical (unpaired) electrons. The van der Waals surface area contributed by atoms with Gasteiger partial charge in [0.05, 0.1) is 0 Å². The average Bonchev–Trinajstić information content (AvgIpc) is 2.75. The summed E-state index contributed by atoms with van der Waals surface area (Å²) in [5.74, 6) is -0.0425. The Kier molecular flexibility index (Phi) is 10.5. The molecular formula is C28H40F2N2O2. The molecule has 2 rings (SSSR count). The van der Waals surface area contributed by atoms with Gasteiger partial charge in [-0.25, -0.2) is 13.6 Å². The van der Waals surface area contributed by atoms with Gasteiger partial charge in [-0.05, 0) is 87.9 Å². The lowest BCUT2D eigenvalue weighted by Crippen LogP contribution is -2.46. The summed E-state index contributed by atoms with van der Waals surface area (Å²) in [5.41, 5.74) is 1.49. The van der Waals surface area contributed by atoms with Gasteiger partial charge < -0.3 is 15.0 Å². The van der Waals surface area contributed by atoms with E-state index >= 15 is 0 Å². The van der Waals surface area contributed by atoms with Crippen LogP contribution in [0, 0.1) is 17.6 Å². The molecule has 0 heterocycles. The van der Waals surface area contributed by atoms with Gasteiger partial charge in [-0.3, -0.25) is 0 Å². The SMILES string of the molecule is CC(C)CC(CNCCCC(c1ccc(F)cc1)c1ccc(F)cc1)N(C)C(=O)OC(C)(C)C. The van der Waals surface area contributed by atoms with Crippen LogP contribution in [-0.4, -0.2) is 42.8 Å². The number of halogens is 2. The van der Waals surface area contributed by atoms with Crippen LogP contribution in [0.4, 0.5) is 13.6 Å². The highest BCUT2D eigenvalue weighted by molar-refractivity contribution is 5.68. The number of hydrogen-bond donors (Lipinski definition) is 1. The van der Waals surface area contributed by atoms with Crippen LogP contribution in [0.15, 0.2) is 48.5 Å². The van der Waals surface area contributed by atoms with E-state index in [0.717, 1.165) is 36.9 Å². The Hall–Kier alpha value is -2.47. The minimum atomic E-state index is -0.531. The Morgan fingerprint density at radius 2 is 1.47 bits per heavy atom. The number of ether oxygens (including phenoxy) is 1. The monoisotopic (exact) mass is 474 g/mol. The maximum atomic E-state index is 13.4. The first kappa shape index (κ1) is 27.8. The zero-order valence-electron chi connectivity index (χ0n) is 21.4. The number of hydrogen-bond acceptors (Lipinski definition) is 3. The van der Waals surface area contributed by atoms with Gasteiger partial charge in [0.15, 0.2) is 0 Å². The number of amides is 1. The van der Waals surface area contributed by atoms with E-state index in [4.69, 9.17) is 4.74 Å². The molecule has 34 heavy (non-hydrogen) atoms. The Morgan fingerprint density at radius 3 is 1.91 bits per heavy atom. The molecule has 1 N–H and O–H groups in total. The van der Waals surface area contributed by atoms with E-state index in [-0.39, 0.29) is 29.7 Å². The molecule has 0 aromatic heterocycles. The minimum Gasteiger partial charge on any atom is -0.444 e. The van der Waals surface area contributed by atoms with Gasteiger partial charge in [-0.1, -0.05) is 38.1 Å². The molecule has 2 aromatic carbocycles. The van der Waals surface area contributed by atoms with E-state index in [1.54, 1.807) is 36.2 Å². The second-order valence-electron chi connectivity index (χ2n) is 10.4. The molecule has 0 fully saturated rings. The van der Waals surface area contributed by atoms with Gasteiger partial charge in [0.1, 0.15) is 17.2 Å². The lowest BCUT2D eigenvalue weighted by atomic mass is 9.87. The number of carbonyl (C=O) groups is 1. The Morgan fingerprint density at radius 1 is 0.971 bits per heavy atom. The summed E-state index contributed by atoms with van der Waals surface area (Å²) in [4.78, 5) is 14.2. The highest BCUT2D eigenvalue weighted by Gasteiger charge is 2.25. The molecule has 1 unspecified atom stereocenters. The van der Waals surface area contributed by atoms with Crippen LogP contribution in [-0.2, 0) is 4.74 Å². The maximum absolute atomic E-state index is 13.4. The highest BCUT2D eigenvalue weighted by Crippen LogP contribution is 2.29. The maximum Gasteiger partial charge on any atom is 0.410 e. The number of benzene rings is 2. The normalized spacial score (nSPS) is 12.8. The molecule has 0 aliphatic carbocycles. The second-order valence-corrected chi connectivity index (χ2v) is 10.4. The Labute approximate surface area is 203 Å². The molecule has 1 atom stereocenters. The first-order chi connectivity index (χ1) is 16.0. The van der Waals surface area contributed by atoms with Gasteiger partial charge in [-0.15, -0.1) is 0 Å². The van der Waals surface area contributed by atoms with E-state index in [2.05, 4.69) is 19.2 Å². The van der Waals surface area contributed by atoms with E-state index < -0.39 is 5.60 Å². The van der Waals surface area contributed by atoms with Crippen molar-refractivity contribution in [2.45, 2.75) is 71.4 Å². The van der Waals surface area contributed by atoms with Crippen LogP contribution in [0.25, 0.3) is 0 Å². The zero-order valence-corrected chi connectivity index (χ0v) is 21.4. The molecule has 0 saturated carbocycles. The molecule has 0 saturated heterocycles. The molecule has 2 aromatic rings. The Balaban J connectivity index is 1.96. The lowest BCUT2D eigenvalue weighted by Gasteiger charge is -2.32. The molecular weight excluding hydrogens is 434 g/mol. The van der Waals surface area contributed by atoms with Crippen molar-refractivity contribution in [3.63, 3.8) is 0 Å². The number of rotatable bonds is 11. The third-order valence-electron chi connectivity index (χ3n) is 5.74. The summed E-state index contributed by atoms with van der Waals surface area (Å²) in [7, 11) is 1.79. The molecule has 0 aliphatic rings. The standard InChI is InChI=1S/C28H40F2N2O2/c1-20(2)18-25(32(6)27(33)34-28(3,4)5)19-31-17-7-8-26(21-9-13-23(29)14-10-21)22-11-15-24(30)16-12-22/h9-16,20,25-26,31H,7-8,17-19H2,1-6H3. The summed E-state index contributed by atoms with van der Waals surface area (Å²) in [6, 6.07) is 13.1. The van der Waals surface area contributed by atoms with Crippen LogP contribution < -0.4 is 5.32 Å². The van der Waals surface area contributed by atoms with E-state index in [1.807, 2.05) is 20.8 Å². The van der Waals surface area contributed by atoms with Gasteiger partial charge in [0.2, 0.25) is 0 Å². The van der Waals surface area contributed by atoms with Crippen molar-refractivity contribution in [1.29, 1.82) is 0 Å². The lowest BCUT2D eigenvalue weighted by molar-refractivity contribution is 0.0204. The molecule has 0 aliphatic heterocycles. The topological polar surface area (TPSA) is 41.6 Å². The first-order valence-corrected chi connectivity index (χ1v) is 12.1. The summed E-state index contributed by atoms with van der Waals surface area (Å²) < 4.78 is 32.4. The van der Waals surface area contributed by atoms with E-state index in [0.29, 0.717) is 12.5 Å².